The number of nitrogens with zero attached hydrogens (tertiary/aromatic N) is 1. The van der Waals surface area contributed by atoms with Crippen molar-refractivity contribution in [1.29, 1.82) is 0 Å². The number of nitro groups is 1. The van der Waals surface area contributed by atoms with Crippen LogP contribution >= 0.6 is 11.6 Å². The molecule has 0 bridgehead atoms. The lowest BCUT2D eigenvalue weighted by molar-refractivity contribution is -0.384. The Labute approximate surface area is 117 Å². The number of aliphatic hydroxyl groups is 1. The Morgan fingerprint density at radius 1 is 1.47 bits per heavy atom. The largest absolute Gasteiger partial charge is 0.391 e. The van der Waals surface area contributed by atoms with Gasteiger partial charge in [-0.3, -0.25) is 10.1 Å². The van der Waals surface area contributed by atoms with E-state index in [0.29, 0.717) is 23.7 Å². The van der Waals surface area contributed by atoms with E-state index in [-0.39, 0.29) is 11.1 Å². The van der Waals surface area contributed by atoms with E-state index in [1.54, 1.807) is 0 Å². The topological polar surface area (TPSA) is 75.4 Å². The van der Waals surface area contributed by atoms with Crippen LogP contribution in [0.4, 0.5) is 5.69 Å². The third kappa shape index (κ3) is 4.78. The van der Waals surface area contributed by atoms with Gasteiger partial charge < -0.3 is 10.4 Å². The first kappa shape index (κ1) is 15.9. The van der Waals surface area contributed by atoms with Gasteiger partial charge >= 0.3 is 0 Å². The van der Waals surface area contributed by atoms with Gasteiger partial charge in [0.2, 0.25) is 0 Å². The van der Waals surface area contributed by atoms with Crippen LogP contribution in [0.15, 0.2) is 18.2 Å². The zero-order valence-corrected chi connectivity index (χ0v) is 12.1. The zero-order valence-electron chi connectivity index (χ0n) is 11.3. The molecule has 1 atom stereocenters. The van der Waals surface area contributed by atoms with Crippen molar-refractivity contribution in [2.75, 3.05) is 6.54 Å². The molecule has 0 amide bonds. The Morgan fingerprint density at radius 2 is 2.11 bits per heavy atom. The number of hydrogen-bond acceptors (Lipinski definition) is 4. The SMILES string of the molecule is CC(C)(C)C(O)CNCc1cc([N+](=O)[O-])ccc1Cl. The molecule has 0 saturated carbocycles. The van der Waals surface area contributed by atoms with Crippen molar-refractivity contribution in [1.82, 2.24) is 5.32 Å². The molecule has 0 heterocycles. The van der Waals surface area contributed by atoms with Gasteiger partial charge in [-0.15, -0.1) is 0 Å². The summed E-state index contributed by atoms with van der Waals surface area (Å²) in [7, 11) is 0. The van der Waals surface area contributed by atoms with E-state index >= 15 is 0 Å². The molecule has 19 heavy (non-hydrogen) atoms. The second kappa shape index (κ2) is 6.32. The minimum Gasteiger partial charge on any atom is -0.391 e. The highest BCUT2D eigenvalue weighted by Crippen LogP contribution is 2.22. The highest BCUT2D eigenvalue weighted by Gasteiger charge is 2.21. The smallest absolute Gasteiger partial charge is 0.269 e. The first-order chi connectivity index (χ1) is 8.71. The summed E-state index contributed by atoms with van der Waals surface area (Å²) >= 11 is 5.98. The molecule has 2 N–H and O–H groups in total. The van der Waals surface area contributed by atoms with Crippen molar-refractivity contribution in [3.05, 3.63) is 38.9 Å². The number of hydrogen-bond donors (Lipinski definition) is 2. The summed E-state index contributed by atoms with van der Waals surface area (Å²) < 4.78 is 0. The normalized spacial score (nSPS) is 13.3. The molecular weight excluding hydrogens is 268 g/mol. The fourth-order valence-electron chi connectivity index (χ4n) is 1.46. The Hall–Kier alpha value is -1.17. The van der Waals surface area contributed by atoms with Crippen LogP contribution in [0.1, 0.15) is 26.3 Å². The maximum atomic E-state index is 10.7. The summed E-state index contributed by atoms with van der Waals surface area (Å²) in [6.45, 7) is 6.62. The van der Waals surface area contributed by atoms with Gasteiger partial charge in [0.15, 0.2) is 0 Å². The average Bonchev–Trinajstić information content (AvgIpc) is 2.29. The van der Waals surface area contributed by atoms with Crippen molar-refractivity contribution in [3.63, 3.8) is 0 Å². The average molecular weight is 287 g/mol. The van der Waals surface area contributed by atoms with Gasteiger partial charge in [-0.1, -0.05) is 32.4 Å². The van der Waals surface area contributed by atoms with E-state index in [1.165, 1.54) is 18.2 Å². The second-order valence-electron chi connectivity index (χ2n) is 5.55. The van der Waals surface area contributed by atoms with Crippen LogP contribution in [0.5, 0.6) is 0 Å². The highest BCUT2D eigenvalue weighted by molar-refractivity contribution is 6.31. The van der Waals surface area contributed by atoms with E-state index in [2.05, 4.69) is 5.32 Å². The number of aliphatic hydroxyl groups excluding tert-OH is 1. The Kier molecular flexibility index (Phi) is 5.29. The van der Waals surface area contributed by atoms with Gasteiger partial charge in [-0.25, -0.2) is 0 Å². The van der Waals surface area contributed by atoms with Crippen LogP contribution < -0.4 is 5.32 Å². The van der Waals surface area contributed by atoms with Crippen LogP contribution in [0.3, 0.4) is 0 Å². The molecular formula is C13H19ClN2O3. The maximum absolute atomic E-state index is 10.7. The lowest BCUT2D eigenvalue weighted by Crippen LogP contribution is -2.36. The number of benzene rings is 1. The summed E-state index contributed by atoms with van der Waals surface area (Å²) in [5.74, 6) is 0. The van der Waals surface area contributed by atoms with Gasteiger partial charge in [0.25, 0.3) is 5.69 Å². The molecule has 0 aliphatic heterocycles. The maximum Gasteiger partial charge on any atom is 0.269 e. The third-order valence-corrected chi connectivity index (χ3v) is 3.26. The number of rotatable bonds is 5. The second-order valence-corrected chi connectivity index (χ2v) is 5.95. The number of halogens is 1. The zero-order chi connectivity index (χ0) is 14.6. The molecule has 5 nitrogen and oxygen atoms in total. The molecule has 1 rings (SSSR count). The lowest BCUT2D eigenvalue weighted by Gasteiger charge is -2.26. The summed E-state index contributed by atoms with van der Waals surface area (Å²) in [4.78, 5) is 10.2. The van der Waals surface area contributed by atoms with Crippen LogP contribution in [-0.2, 0) is 6.54 Å². The van der Waals surface area contributed by atoms with Crippen LogP contribution in [0, 0.1) is 15.5 Å². The van der Waals surface area contributed by atoms with Gasteiger partial charge in [-0.2, -0.15) is 0 Å². The molecule has 0 aromatic heterocycles. The minimum absolute atomic E-state index is 0.0116. The fourth-order valence-corrected chi connectivity index (χ4v) is 1.64. The van der Waals surface area contributed by atoms with E-state index in [1.807, 2.05) is 20.8 Å². The first-order valence-electron chi connectivity index (χ1n) is 6.03. The molecule has 106 valence electrons. The van der Waals surface area contributed by atoms with Crippen LogP contribution in [0.25, 0.3) is 0 Å². The summed E-state index contributed by atoms with van der Waals surface area (Å²) in [5.41, 5.74) is 0.453. The number of nitro benzene ring substituents is 1. The lowest BCUT2D eigenvalue weighted by atomic mass is 9.89. The fraction of sp³-hybridized carbons (Fsp3) is 0.538. The number of nitrogens with one attached hydrogen (secondary N) is 1. The van der Waals surface area contributed by atoms with Crippen molar-refractivity contribution < 1.29 is 10.0 Å². The Morgan fingerprint density at radius 3 is 2.63 bits per heavy atom. The molecule has 1 aromatic rings. The summed E-state index contributed by atoms with van der Waals surface area (Å²) in [6, 6.07) is 4.32. The Bertz CT molecular complexity index is 458. The van der Waals surface area contributed by atoms with Crippen molar-refractivity contribution in [3.8, 4) is 0 Å². The van der Waals surface area contributed by atoms with Crippen molar-refractivity contribution in [2.45, 2.75) is 33.4 Å². The molecule has 6 heteroatoms. The Balaban J connectivity index is 2.63. The van der Waals surface area contributed by atoms with Crippen molar-refractivity contribution >= 4 is 17.3 Å². The molecule has 1 unspecified atom stereocenters. The number of non-ortho nitro benzene ring substituents is 1. The van der Waals surface area contributed by atoms with Crippen LogP contribution in [-0.4, -0.2) is 22.7 Å². The quantitative estimate of drug-likeness (QED) is 0.645. The molecule has 1 aromatic carbocycles. The van der Waals surface area contributed by atoms with E-state index < -0.39 is 11.0 Å². The monoisotopic (exact) mass is 286 g/mol. The summed E-state index contributed by atoms with van der Waals surface area (Å²) in [5, 5.41) is 24.1. The van der Waals surface area contributed by atoms with Gasteiger partial charge in [0.1, 0.15) is 0 Å². The van der Waals surface area contributed by atoms with Crippen LogP contribution in [0.2, 0.25) is 5.02 Å². The molecule has 0 spiro atoms. The van der Waals surface area contributed by atoms with Gasteiger partial charge in [0.05, 0.1) is 11.0 Å². The molecule has 0 saturated heterocycles. The predicted octanol–water partition coefficient (Wildman–Crippen LogP) is 2.74. The highest BCUT2D eigenvalue weighted by atomic mass is 35.5. The molecule has 0 fully saturated rings. The van der Waals surface area contributed by atoms with E-state index in [9.17, 15) is 15.2 Å². The van der Waals surface area contributed by atoms with E-state index in [4.69, 9.17) is 11.6 Å². The minimum atomic E-state index is -0.495. The predicted molar refractivity (Wildman–Crippen MR) is 75.3 cm³/mol. The van der Waals surface area contributed by atoms with E-state index in [0.717, 1.165) is 0 Å². The molecule has 0 radical (unpaired) electrons. The molecule has 0 aliphatic rings. The first-order valence-corrected chi connectivity index (χ1v) is 6.41. The molecule has 0 aliphatic carbocycles. The van der Waals surface area contributed by atoms with Gasteiger partial charge in [0, 0.05) is 30.2 Å². The summed E-state index contributed by atoms with van der Waals surface area (Å²) in [6.07, 6.45) is -0.495. The standard InChI is InChI=1S/C13H19ClN2O3/c1-13(2,3)12(17)8-15-7-9-6-10(16(18)19)4-5-11(9)14/h4-6,12,15,17H,7-8H2,1-3H3. The van der Waals surface area contributed by atoms with Crippen molar-refractivity contribution in [2.24, 2.45) is 5.41 Å². The van der Waals surface area contributed by atoms with Gasteiger partial charge in [-0.05, 0) is 17.0 Å². The third-order valence-electron chi connectivity index (χ3n) is 2.89.